The molecule has 2 rings (SSSR count). The number of benzene rings is 1. The number of hydrogen-bond acceptors (Lipinski definition) is 2. The highest BCUT2D eigenvalue weighted by molar-refractivity contribution is 6.25. The van der Waals surface area contributed by atoms with Crippen LogP contribution in [0.5, 0.6) is 5.75 Å². The lowest BCUT2D eigenvalue weighted by Crippen LogP contribution is -2.25. The van der Waals surface area contributed by atoms with Crippen molar-refractivity contribution < 1.29 is 4.74 Å². The van der Waals surface area contributed by atoms with Gasteiger partial charge in [0.2, 0.25) is 0 Å². The van der Waals surface area contributed by atoms with Crippen LogP contribution in [-0.4, -0.2) is 13.2 Å². The van der Waals surface area contributed by atoms with Crippen LogP contribution in [0.15, 0.2) is 29.8 Å². The van der Waals surface area contributed by atoms with Crippen LogP contribution in [0.1, 0.15) is 43.4 Å². The molecule has 1 aromatic rings. The second-order valence-corrected chi connectivity index (χ2v) is 5.18. The molecule has 1 atom stereocenters. The van der Waals surface area contributed by atoms with Crippen LogP contribution in [0.25, 0.3) is 0 Å². The molecule has 0 aliphatic heterocycles. The maximum Gasteiger partial charge on any atom is 0.120 e. The van der Waals surface area contributed by atoms with Crippen LogP contribution in [-0.2, 0) is 6.42 Å². The number of nitrogens with one attached hydrogen (secondary N) is 1. The molecule has 0 amide bonds. The SMILES string of the molecule is CCCNC1CCCc2cc(OCC=CCl)ccc21. The molecule has 0 aromatic heterocycles. The van der Waals surface area contributed by atoms with Gasteiger partial charge in [0.15, 0.2) is 0 Å². The molecule has 0 spiro atoms. The second kappa shape index (κ2) is 7.56. The molecule has 3 heteroatoms. The summed E-state index contributed by atoms with van der Waals surface area (Å²) in [5, 5.41) is 3.63. The van der Waals surface area contributed by atoms with E-state index in [1.54, 1.807) is 6.08 Å². The van der Waals surface area contributed by atoms with Gasteiger partial charge in [0.25, 0.3) is 0 Å². The van der Waals surface area contributed by atoms with E-state index < -0.39 is 0 Å². The molecule has 1 aliphatic rings. The monoisotopic (exact) mass is 279 g/mol. The average molecular weight is 280 g/mol. The molecule has 0 heterocycles. The fraction of sp³-hybridized carbons (Fsp3) is 0.500. The Balaban J connectivity index is 2.06. The maximum absolute atomic E-state index is 5.64. The Labute approximate surface area is 120 Å². The third-order valence-electron chi connectivity index (χ3n) is 3.50. The number of ether oxygens (including phenoxy) is 1. The van der Waals surface area contributed by atoms with E-state index in [-0.39, 0.29) is 0 Å². The fourth-order valence-electron chi connectivity index (χ4n) is 2.59. The van der Waals surface area contributed by atoms with Crippen molar-refractivity contribution in [2.45, 2.75) is 38.6 Å². The molecule has 0 saturated heterocycles. The molecule has 19 heavy (non-hydrogen) atoms. The zero-order chi connectivity index (χ0) is 13.5. The second-order valence-electron chi connectivity index (χ2n) is 4.93. The van der Waals surface area contributed by atoms with Crippen LogP contribution in [0, 0.1) is 0 Å². The number of aryl methyl sites for hydroxylation is 1. The fourth-order valence-corrected chi connectivity index (χ4v) is 2.66. The highest BCUT2D eigenvalue weighted by atomic mass is 35.5. The van der Waals surface area contributed by atoms with Gasteiger partial charge in [0.05, 0.1) is 0 Å². The van der Waals surface area contributed by atoms with Gasteiger partial charge in [-0.1, -0.05) is 24.6 Å². The minimum atomic E-state index is 0.514. The zero-order valence-corrected chi connectivity index (χ0v) is 12.2. The first-order valence-corrected chi connectivity index (χ1v) is 7.53. The Kier molecular flexibility index (Phi) is 5.74. The summed E-state index contributed by atoms with van der Waals surface area (Å²) in [6.07, 6.45) is 6.62. The van der Waals surface area contributed by atoms with Gasteiger partial charge in [-0.2, -0.15) is 0 Å². The van der Waals surface area contributed by atoms with Gasteiger partial charge in [-0.05, 0) is 61.6 Å². The van der Waals surface area contributed by atoms with Crippen molar-refractivity contribution in [3.8, 4) is 5.75 Å². The van der Waals surface area contributed by atoms with Crippen molar-refractivity contribution in [3.05, 3.63) is 40.9 Å². The topological polar surface area (TPSA) is 21.3 Å². The summed E-state index contributed by atoms with van der Waals surface area (Å²) in [6, 6.07) is 6.96. The summed E-state index contributed by atoms with van der Waals surface area (Å²) in [5.74, 6) is 0.935. The van der Waals surface area contributed by atoms with Gasteiger partial charge in [-0.15, -0.1) is 0 Å². The van der Waals surface area contributed by atoms with E-state index >= 15 is 0 Å². The summed E-state index contributed by atoms with van der Waals surface area (Å²) in [7, 11) is 0. The lowest BCUT2D eigenvalue weighted by molar-refractivity contribution is 0.361. The lowest BCUT2D eigenvalue weighted by atomic mass is 9.87. The van der Waals surface area contributed by atoms with E-state index in [4.69, 9.17) is 16.3 Å². The Morgan fingerprint density at radius 3 is 3.16 bits per heavy atom. The standard InChI is InChI=1S/C16H22ClNO/c1-2-10-18-16-6-3-5-13-12-14(7-8-15(13)16)19-11-4-9-17/h4,7-9,12,16,18H,2-3,5-6,10-11H2,1H3. The summed E-state index contributed by atoms with van der Waals surface area (Å²) in [6.45, 7) is 3.82. The van der Waals surface area contributed by atoms with Crippen molar-refractivity contribution in [1.29, 1.82) is 0 Å². The molecule has 104 valence electrons. The Morgan fingerprint density at radius 2 is 2.37 bits per heavy atom. The Morgan fingerprint density at radius 1 is 1.47 bits per heavy atom. The first-order chi connectivity index (χ1) is 9.35. The van der Waals surface area contributed by atoms with Gasteiger partial charge < -0.3 is 10.1 Å². The molecule has 0 radical (unpaired) electrons. The predicted octanol–water partition coefficient (Wildman–Crippen LogP) is 4.19. The zero-order valence-electron chi connectivity index (χ0n) is 11.5. The van der Waals surface area contributed by atoms with Crippen molar-refractivity contribution in [3.63, 3.8) is 0 Å². The van der Waals surface area contributed by atoms with Crippen LogP contribution < -0.4 is 10.1 Å². The lowest BCUT2D eigenvalue weighted by Gasteiger charge is -2.27. The highest BCUT2D eigenvalue weighted by Gasteiger charge is 2.19. The van der Waals surface area contributed by atoms with Crippen molar-refractivity contribution in [1.82, 2.24) is 5.32 Å². The number of fused-ring (bicyclic) bond motifs is 1. The van der Waals surface area contributed by atoms with E-state index in [1.807, 2.05) is 0 Å². The predicted molar refractivity (Wildman–Crippen MR) is 80.9 cm³/mol. The van der Waals surface area contributed by atoms with E-state index in [2.05, 4.69) is 30.4 Å². The van der Waals surface area contributed by atoms with Gasteiger partial charge in [0.1, 0.15) is 12.4 Å². The average Bonchev–Trinajstić information content (AvgIpc) is 2.45. The van der Waals surface area contributed by atoms with E-state index in [1.165, 1.54) is 35.9 Å². The molecule has 1 aliphatic carbocycles. The normalized spacial score (nSPS) is 18.5. The van der Waals surface area contributed by atoms with Crippen molar-refractivity contribution >= 4 is 11.6 Å². The quantitative estimate of drug-likeness (QED) is 0.843. The van der Waals surface area contributed by atoms with Crippen LogP contribution in [0.4, 0.5) is 0 Å². The molecule has 1 aromatic carbocycles. The third kappa shape index (κ3) is 3.99. The van der Waals surface area contributed by atoms with Crippen molar-refractivity contribution in [2.24, 2.45) is 0 Å². The Hall–Kier alpha value is -0.990. The molecule has 0 bridgehead atoms. The molecular weight excluding hydrogens is 258 g/mol. The van der Waals surface area contributed by atoms with Crippen molar-refractivity contribution in [2.75, 3.05) is 13.2 Å². The van der Waals surface area contributed by atoms with E-state index in [9.17, 15) is 0 Å². The summed E-state index contributed by atoms with van der Waals surface area (Å²) < 4.78 is 5.64. The first-order valence-electron chi connectivity index (χ1n) is 7.09. The minimum absolute atomic E-state index is 0.514. The highest BCUT2D eigenvalue weighted by Crippen LogP contribution is 2.32. The summed E-state index contributed by atoms with van der Waals surface area (Å²) in [4.78, 5) is 0. The van der Waals surface area contributed by atoms with Gasteiger partial charge in [-0.25, -0.2) is 0 Å². The summed E-state index contributed by atoms with van der Waals surface area (Å²) >= 11 is 5.48. The third-order valence-corrected chi connectivity index (χ3v) is 3.68. The first kappa shape index (κ1) is 14.4. The van der Waals surface area contributed by atoms with E-state index in [0.717, 1.165) is 18.7 Å². The van der Waals surface area contributed by atoms with Crippen LogP contribution in [0.3, 0.4) is 0 Å². The molecule has 0 fully saturated rings. The molecule has 1 N–H and O–H groups in total. The summed E-state index contributed by atoms with van der Waals surface area (Å²) in [5.41, 5.74) is 4.36. The number of hydrogen-bond donors (Lipinski definition) is 1. The van der Waals surface area contributed by atoms with Gasteiger partial charge in [0, 0.05) is 11.6 Å². The Bertz CT molecular complexity index is 431. The molecule has 2 nitrogen and oxygen atoms in total. The molecule has 1 unspecified atom stereocenters. The number of rotatable bonds is 6. The number of halogens is 1. The van der Waals surface area contributed by atoms with Crippen LogP contribution >= 0.6 is 11.6 Å². The largest absolute Gasteiger partial charge is 0.489 e. The smallest absolute Gasteiger partial charge is 0.120 e. The molecular formula is C16H22ClNO. The van der Waals surface area contributed by atoms with Crippen LogP contribution in [0.2, 0.25) is 0 Å². The minimum Gasteiger partial charge on any atom is -0.489 e. The molecule has 0 saturated carbocycles. The van der Waals surface area contributed by atoms with E-state index in [0.29, 0.717) is 12.6 Å². The van der Waals surface area contributed by atoms with Gasteiger partial charge >= 0.3 is 0 Å². The van der Waals surface area contributed by atoms with Gasteiger partial charge in [-0.3, -0.25) is 0 Å². The maximum atomic E-state index is 5.64.